The fourth-order valence-electron chi connectivity index (χ4n) is 5.38. The first-order valence-electron chi connectivity index (χ1n) is 16.0. The Hall–Kier alpha value is -4.74. The molecule has 4 aromatic heterocycles. The van der Waals surface area contributed by atoms with Crippen LogP contribution < -0.4 is 0 Å². The average molecular weight is 934 g/mol. The van der Waals surface area contributed by atoms with Gasteiger partial charge in [-0.3, -0.25) is 9.97 Å². The first-order valence-corrected chi connectivity index (χ1v) is 19.2. The molecule has 0 spiro atoms. The molecule has 52 heavy (non-hydrogen) atoms. The molecule has 0 atom stereocenters. The Labute approximate surface area is 335 Å². The lowest BCUT2D eigenvalue weighted by atomic mass is 9.98. The van der Waals surface area contributed by atoms with Gasteiger partial charge in [0.25, 0.3) is 0 Å². The third-order valence-corrected chi connectivity index (χ3v) is 10.1. The van der Waals surface area contributed by atoms with Gasteiger partial charge in [-0.15, -0.1) is 10.2 Å². The molecule has 0 unspecified atom stereocenters. The molecule has 8 rings (SSSR count). The number of rotatable bonds is 6. The minimum absolute atomic E-state index is 0.553. The van der Waals surface area contributed by atoms with E-state index in [1.807, 2.05) is 91.1 Å². The molecular formula is C42H26Br4N6. The Kier molecular flexibility index (Phi) is 11.5. The normalized spacial score (nSPS) is 10.7. The molecule has 4 aromatic carbocycles. The molecule has 8 aromatic rings. The van der Waals surface area contributed by atoms with Gasteiger partial charge in [-0.2, -0.15) is 0 Å². The van der Waals surface area contributed by atoms with Crippen molar-refractivity contribution in [3.8, 4) is 67.5 Å². The number of nitrogens with zero attached hydrogens (tertiary/aromatic N) is 6. The minimum atomic E-state index is 0.553. The molecule has 0 fully saturated rings. The second kappa shape index (κ2) is 16.7. The summed E-state index contributed by atoms with van der Waals surface area (Å²) >= 11 is 14.0. The van der Waals surface area contributed by atoms with E-state index in [9.17, 15) is 0 Å². The van der Waals surface area contributed by atoms with E-state index < -0.39 is 0 Å². The van der Waals surface area contributed by atoms with Gasteiger partial charge in [0.05, 0.1) is 11.4 Å². The van der Waals surface area contributed by atoms with Crippen LogP contribution in [-0.2, 0) is 0 Å². The zero-order valence-corrected chi connectivity index (χ0v) is 33.6. The highest BCUT2D eigenvalue weighted by molar-refractivity contribution is 9.11. The summed E-state index contributed by atoms with van der Waals surface area (Å²) in [5.74, 6) is 0.553. The van der Waals surface area contributed by atoms with Gasteiger partial charge in [0.1, 0.15) is 11.4 Å². The molecule has 0 aliphatic carbocycles. The zero-order valence-electron chi connectivity index (χ0n) is 27.2. The van der Waals surface area contributed by atoms with E-state index in [2.05, 4.69) is 132 Å². The first kappa shape index (κ1) is 35.7. The lowest BCUT2D eigenvalue weighted by molar-refractivity contribution is 0.989. The summed E-state index contributed by atoms with van der Waals surface area (Å²) in [7, 11) is 0. The molecule has 10 heteroatoms. The second-order valence-electron chi connectivity index (χ2n) is 11.4. The van der Waals surface area contributed by atoms with E-state index >= 15 is 0 Å². The summed E-state index contributed by atoms with van der Waals surface area (Å²) < 4.78 is 4.14. The summed E-state index contributed by atoms with van der Waals surface area (Å²) in [6, 6.07) is 44.5. The van der Waals surface area contributed by atoms with Gasteiger partial charge in [0.15, 0.2) is 5.82 Å². The second-order valence-corrected chi connectivity index (χ2v) is 15.1. The van der Waals surface area contributed by atoms with E-state index in [1.54, 1.807) is 18.6 Å². The summed E-state index contributed by atoms with van der Waals surface area (Å²) in [5, 5.41) is 8.82. The van der Waals surface area contributed by atoms with Crippen LogP contribution in [0.3, 0.4) is 0 Å². The largest absolute Gasteiger partial charge is 0.264 e. The summed E-state index contributed by atoms with van der Waals surface area (Å²) in [6.45, 7) is 0. The van der Waals surface area contributed by atoms with Crippen molar-refractivity contribution in [3.05, 3.63) is 176 Å². The van der Waals surface area contributed by atoms with Crippen molar-refractivity contribution in [2.24, 2.45) is 0 Å². The zero-order chi connectivity index (χ0) is 35.9. The van der Waals surface area contributed by atoms with E-state index in [4.69, 9.17) is 9.97 Å². The van der Waals surface area contributed by atoms with Crippen molar-refractivity contribution in [2.75, 3.05) is 0 Å². The molecule has 0 aliphatic rings. The van der Waals surface area contributed by atoms with Crippen molar-refractivity contribution in [2.45, 2.75) is 0 Å². The number of aromatic nitrogens is 6. The molecule has 0 saturated carbocycles. The van der Waals surface area contributed by atoms with Gasteiger partial charge in [-0.25, -0.2) is 9.97 Å². The summed E-state index contributed by atoms with van der Waals surface area (Å²) in [6.07, 6.45) is 7.08. The van der Waals surface area contributed by atoms with Gasteiger partial charge < -0.3 is 0 Å². The lowest BCUT2D eigenvalue weighted by Crippen LogP contribution is -2.00. The molecule has 0 N–H and O–H groups in total. The molecule has 0 radical (unpaired) electrons. The number of benzene rings is 4. The lowest BCUT2D eigenvalue weighted by Gasteiger charge is -2.12. The van der Waals surface area contributed by atoms with E-state index in [0.29, 0.717) is 5.82 Å². The number of pyridine rings is 3. The Morgan fingerprint density at radius 1 is 0.346 bits per heavy atom. The quantitative estimate of drug-likeness (QED) is 0.165. The van der Waals surface area contributed by atoms with Gasteiger partial charge >= 0.3 is 0 Å². The van der Waals surface area contributed by atoms with Gasteiger partial charge in [0, 0.05) is 76.1 Å². The predicted molar refractivity (Wildman–Crippen MR) is 223 cm³/mol. The predicted octanol–water partition coefficient (Wildman–Crippen LogP) is 12.8. The molecule has 6 nitrogen and oxygen atoms in total. The third kappa shape index (κ3) is 8.65. The van der Waals surface area contributed by atoms with Crippen LogP contribution >= 0.6 is 63.7 Å². The SMILES string of the molecule is Brc1ccc(-c2ccc(-c3cccnc3)nc2-c2ccc(Br)cc2)cc1.Brc1ccc(-c2nnc(-c3cccnc3)nc2-c2ccc(Br)cc2)cc1. The summed E-state index contributed by atoms with van der Waals surface area (Å²) in [5.41, 5.74) is 10.5. The molecule has 0 bridgehead atoms. The standard InChI is InChI=1S/C22H14Br2N2.C20H12Br2N4/c23-18-7-3-15(4-8-18)20-11-12-21(17-2-1-13-25-14-17)26-22(20)16-5-9-19(24)10-6-16;21-16-7-3-13(4-8-16)18-19(14-5-9-17(22)10-6-14)25-26-20(24-18)15-2-1-11-23-12-15/h1-14H;1-12H. The third-order valence-electron chi connectivity index (χ3n) is 7.97. The Bertz CT molecular complexity index is 2240. The highest BCUT2D eigenvalue weighted by Gasteiger charge is 2.15. The number of hydrogen-bond donors (Lipinski definition) is 0. The molecule has 252 valence electrons. The van der Waals surface area contributed by atoms with Crippen LogP contribution in [0.4, 0.5) is 0 Å². The van der Waals surface area contributed by atoms with Crippen LogP contribution in [0.15, 0.2) is 176 Å². The monoisotopic (exact) mass is 930 g/mol. The highest BCUT2D eigenvalue weighted by Crippen LogP contribution is 2.35. The highest BCUT2D eigenvalue weighted by atomic mass is 79.9. The van der Waals surface area contributed by atoms with Crippen molar-refractivity contribution in [3.63, 3.8) is 0 Å². The van der Waals surface area contributed by atoms with Gasteiger partial charge in [-0.1, -0.05) is 118 Å². The Morgan fingerprint density at radius 3 is 1.31 bits per heavy atom. The van der Waals surface area contributed by atoms with Gasteiger partial charge in [-0.05, 0) is 84.4 Å². The maximum Gasteiger partial charge on any atom is 0.183 e. The van der Waals surface area contributed by atoms with Crippen LogP contribution in [0, 0.1) is 0 Å². The van der Waals surface area contributed by atoms with Crippen molar-refractivity contribution >= 4 is 63.7 Å². The van der Waals surface area contributed by atoms with Crippen LogP contribution in [0.5, 0.6) is 0 Å². The van der Waals surface area contributed by atoms with Crippen LogP contribution in [0.2, 0.25) is 0 Å². The smallest absolute Gasteiger partial charge is 0.183 e. The van der Waals surface area contributed by atoms with Gasteiger partial charge in [0.2, 0.25) is 0 Å². The topological polar surface area (TPSA) is 77.3 Å². The Morgan fingerprint density at radius 2 is 0.808 bits per heavy atom. The molecule has 0 amide bonds. The van der Waals surface area contributed by atoms with Crippen molar-refractivity contribution in [1.82, 2.24) is 30.1 Å². The molecular weight excluding hydrogens is 908 g/mol. The van der Waals surface area contributed by atoms with Crippen LogP contribution in [0.25, 0.3) is 67.5 Å². The van der Waals surface area contributed by atoms with Crippen LogP contribution in [0.1, 0.15) is 0 Å². The fourth-order valence-corrected chi connectivity index (χ4v) is 6.44. The van der Waals surface area contributed by atoms with E-state index in [0.717, 1.165) is 79.6 Å². The Balaban J connectivity index is 0.000000162. The molecule has 0 aliphatic heterocycles. The minimum Gasteiger partial charge on any atom is -0.264 e. The van der Waals surface area contributed by atoms with Crippen molar-refractivity contribution in [1.29, 1.82) is 0 Å². The fraction of sp³-hybridized carbons (Fsp3) is 0. The number of hydrogen-bond acceptors (Lipinski definition) is 6. The van der Waals surface area contributed by atoms with E-state index in [-0.39, 0.29) is 0 Å². The first-order chi connectivity index (χ1) is 25.4. The maximum absolute atomic E-state index is 4.97. The molecule has 0 saturated heterocycles. The maximum atomic E-state index is 4.97. The molecule has 4 heterocycles. The van der Waals surface area contributed by atoms with Crippen LogP contribution in [-0.4, -0.2) is 30.1 Å². The van der Waals surface area contributed by atoms with E-state index in [1.165, 1.54) is 0 Å². The average Bonchev–Trinajstić information content (AvgIpc) is 3.20. The van der Waals surface area contributed by atoms with Crippen molar-refractivity contribution < 1.29 is 0 Å². The summed E-state index contributed by atoms with van der Waals surface area (Å²) in [4.78, 5) is 18.1. The number of halogens is 4.